The highest BCUT2D eigenvalue weighted by molar-refractivity contribution is 7.89. The predicted octanol–water partition coefficient (Wildman–Crippen LogP) is 2.00. The smallest absolute Gasteiger partial charge is 0.338 e. The molecule has 0 radical (unpaired) electrons. The minimum absolute atomic E-state index is 0.0798. The van der Waals surface area contributed by atoms with Crippen molar-refractivity contribution in [1.82, 2.24) is 9.21 Å². The summed E-state index contributed by atoms with van der Waals surface area (Å²) in [6.07, 6.45) is 0. The van der Waals surface area contributed by atoms with Gasteiger partial charge in [-0.15, -0.1) is 0 Å². The number of morpholine rings is 1. The number of carbonyl (C=O) groups is 1. The van der Waals surface area contributed by atoms with Crippen molar-refractivity contribution in [2.75, 3.05) is 46.4 Å². The lowest BCUT2D eigenvalue weighted by Crippen LogP contribution is -2.41. The van der Waals surface area contributed by atoms with Gasteiger partial charge in [-0.2, -0.15) is 4.31 Å². The van der Waals surface area contributed by atoms with Crippen LogP contribution in [0.1, 0.15) is 15.9 Å². The summed E-state index contributed by atoms with van der Waals surface area (Å²) in [6.45, 7) is 4.08. The second kappa shape index (κ2) is 9.98. The Labute approximate surface area is 171 Å². The van der Waals surface area contributed by atoms with Gasteiger partial charge in [0.05, 0.1) is 23.7 Å². The third-order valence-corrected chi connectivity index (χ3v) is 6.68. The molecule has 1 saturated heterocycles. The molecule has 0 N–H and O–H groups in total. The van der Waals surface area contributed by atoms with Crippen LogP contribution in [0.5, 0.6) is 0 Å². The van der Waals surface area contributed by atoms with E-state index < -0.39 is 16.0 Å². The van der Waals surface area contributed by atoms with Crippen LogP contribution in [0.25, 0.3) is 0 Å². The summed E-state index contributed by atoms with van der Waals surface area (Å²) in [5, 5.41) is 0. The molecule has 0 aromatic heterocycles. The number of hydrogen-bond donors (Lipinski definition) is 0. The number of rotatable bonds is 8. The van der Waals surface area contributed by atoms with Crippen LogP contribution in [0.2, 0.25) is 0 Å². The van der Waals surface area contributed by atoms with Crippen LogP contribution in [-0.4, -0.2) is 70.0 Å². The molecule has 1 fully saturated rings. The predicted molar refractivity (Wildman–Crippen MR) is 109 cm³/mol. The van der Waals surface area contributed by atoms with Crippen molar-refractivity contribution in [1.29, 1.82) is 0 Å². The molecular formula is C21H26N2O5S. The fourth-order valence-corrected chi connectivity index (χ4v) is 4.21. The summed E-state index contributed by atoms with van der Waals surface area (Å²) < 4.78 is 37.7. The largest absolute Gasteiger partial charge is 0.457 e. The zero-order valence-electron chi connectivity index (χ0n) is 16.5. The van der Waals surface area contributed by atoms with Crippen molar-refractivity contribution in [3.05, 3.63) is 65.7 Å². The normalized spacial score (nSPS) is 15.4. The van der Waals surface area contributed by atoms with Crippen LogP contribution < -0.4 is 0 Å². The Morgan fingerprint density at radius 3 is 2.55 bits per heavy atom. The standard InChI is InChI=1S/C21H26N2O5S/c1-22(10-11-23-12-14-27-15-13-23)29(25,26)20-9-5-8-19(16-20)21(24)28-17-18-6-3-2-4-7-18/h2-9,16H,10-15,17H2,1H3. The lowest BCUT2D eigenvalue weighted by atomic mass is 10.2. The Balaban J connectivity index is 1.62. The van der Waals surface area contributed by atoms with Crippen molar-refractivity contribution in [2.24, 2.45) is 0 Å². The molecule has 0 unspecified atom stereocenters. The van der Waals surface area contributed by atoms with E-state index in [0.717, 1.165) is 18.7 Å². The molecule has 1 aliphatic heterocycles. The zero-order chi connectivity index (χ0) is 20.7. The van der Waals surface area contributed by atoms with Gasteiger partial charge in [-0.25, -0.2) is 13.2 Å². The first kappa shape index (κ1) is 21.4. The summed E-state index contributed by atoms with van der Waals surface area (Å²) in [5.74, 6) is -0.554. The molecule has 0 aliphatic carbocycles. The molecule has 1 aliphatic rings. The maximum Gasteiger partial charge on any atom is 0.338 e. The van der Waals surface area contributed by atoms with Crippen LogP contribution in [-0.2, 0) is 26.1 Å². The van der Waals surface area contributed by atoms with Crippen molar-refractivity contribution in [3.63, 3.8) is 0 Å². The molecule has 0 amide bonds. The lowest BCUT2D eigenvalue weighted by molar-refractivity contribution is 0.0368. The zero-order valence-corrected chi connectivity index (χ0v) is 17.3. The first-order valence-electron chi connectivity index (χ1n) is 9.54. The molecule has 0 saturated carbocycles. The first-order chi connectivity index (χ1) is 14.0. The third-order valence-electron chi connectivity index (χ3n) is 4.83. The molecule has 1 heterocycles. The summed E-state index contributed by atoms with van der Waals surface area (Å²) in [6, 6.07) is 15.3. The monoisotopic (exact) mass is 418 g/mol. The Morgan fingerprint density at radius 2 is 1.83 bits per heavy atom. The number of nitrogens with zero attached hydrogens (tertiary/aromatic N) is 2. The molecule has 0 bridgehead atoms. The highest BCUT2D eigenvalue weighted by Gasteiger charge is 2.23. The summed E-state index contributed by atoms with van der Waals surface area (Å²) in [7, 11) is -2.14. The Bertz CT molecular complexity index is 912. The fourth-order valence-electron chi connectivity index (χ4n) is 3.00. The van der Waals surface area contributed by atoms with Gasteiger partial charge < -0.3 is 9.47 Å². The van der Waals surface area contributed by atoms with Crippen molar-refractivity contribution < 1.29 is 22.7 Å². The molecule has 2 aromatic carbocycles. The van der Waals surface area contributed by atoms with E-state index in [1.165, 1.54) is 16.4 Å². The van der Waals surface area contributed by atoms with Crippen LogP contribution in [0, 0.1) is 0 Å². The van der Waals surface area contributed by atoms with E-state index >= 15 is 0 Å². The molecule has 156 valence electrons. The second-order valence-electron chi connectivity index (χ2n) is 6.87. The van der Waals surface area contributed by atoms with Gasteiger partial charge in [0.15, 0.2) is 0 Å². The average molecular weight is 419 g/mol. The quantitative estimate of drug-likeness (QED) is 0.611. The van der Waals surface area contributed by atoms with Gasteiger partial charge in [0, 0.05) is 33.2 Å². The molecule has 0 spiro atoms. The second-order valence-corrected chi connectivity index (χ2v) is 8.92. The van der Waals surface area contributed by atoms with Crippen molar-refractivity contribution in [3.8, 4) is 0 Å². The Morgan fingerprint density at radius 1 is 1.10 bits per heavy atom. The third kappa shape index (κ3) is 5.86. The first-order valence-corrected chi connectivity index (χ1v) is 11.0. The van der Waals surface area contributed by atoms with Crippen LogP contribution >= 0.6 is 0 Å². The Kier molecular flexibility index (Phi) is 7.38. The van der Waals surface area contributed by atoms with E-state index in [-0.39, 0.29) is 17.1 Å². The molecule has 29 heavy (non-hydrogen) atoms. The van der Waals surface area contributed by atoms with Crippen molar-refractivity contribution >= 4 is 16.0 Å². The fraction of sp³-hybridized carbons (Fsp3) is 0.381. The molecule has 7 nitrogen and oxygen atoms in total. The number of benzene rings is 2. The van der Waals surface area contributed by atoms with Gasteiger partial charge in [-0.3, -0.25) is 4.90 Å². The molecule has 2 aromatic rings. The molecule has 3 rings (SSSR count). The van der Waals surface area contributed by atoms with E-state index in [4.69, 9.17) is 9.47 Å². The SMILES string of the molecule is CN(CCN1CCOCC1)S(=O)(=O)c1cccc(C(=O)OCc2ccccc2)c1. The van der Waals surface area contributed by atoms with Crippen LogP contribution in [0.4, 0.5) is 0 Å². The Hall–Kier alpha value is -2.26. The average Bonchev–Trinajstić information content (AvgIpc) is 2.77. The van der Waals surface area contributed by atoms with E-state index in [1.807, 2.05) is 30.3 Å². The number of likely N-dealkylation sites (N-methyl/N-ethyl adjacent to an activating group) is 1. The van der Waals surface area contributed by atoms with Crippen molar-refractivity contribution in [2.45, 2.75) is 11.5 Å². The summed E-state index contributed by atoms with van der Waals surface area (Å²) >= 11 is 0. The maximum absolute atomic E-state index is 12.9. The minimum Gasteiger partial charge on any atom is -0.457 e. The highest BCUT2D eigenvalue weighted by Crippen LogP contribution is 2.17. The van der Waals surface area contributed by atoms with Gasteiger partial charge in [0.25, 0.3) is 0 Å². The van der Waals surface area contributed by atoms with E-state index in [9.17, 15) is 13.2 Å². The molecule has 8 heteroatoms. The number of carbonyl (C=O) groups excluding carboxylic acids is 1. The summed E-state index contributed by atoms with van der Waals surface area (Å²) in [4.78, 5) is 14.6. The minimum atomic E-state index is -3.70. The maximum atomic E-state index is 12.9. The van der Waals surface area contributed by atoms with E-state index in [2.05, 4.69) is 4.90 Å². The molecule has 0 atom stereocenters. The number of sulfonamides is 1. The number of hydrogen-bond acceptors (Lipinski definition) is 6. The van der Waals surface area contributed by atoms with Crippen LogP contribution in [0.3, 0.4) is 0 Å². The van der Waals surface area contributed by atoms with Crippen LogP contribution in [0.15, 0.2) is 59.5 Å². The molecular weight excluding hydrogens is 392 g/mol. The van der Waals surface area contributed by atoms with Gasteiger partial charge in [-0.05, 0) is 23.8 Å². The van der Waals surface area contributed by atoms with Gasteiger partial charge in [-0.1, -0.05) is 36.4 Å². The van der Waals surface area contributed by atoms with E-state index in [1.54, 1.807) is 19.2 Å². The lowest BCUT2D eigenvalue weighted by Gasteiger charge is -2.28. The number of ether oxygens (including phenoxy) is 2. The number of esters is 1. The van der Waals surface area contributed by atoms with Gasteiger partial charge in [0.2, 0.25) is 10.0 Å². The van der Waals surface area contributed by atoms with Gasteiger partial charge >= 0.3 is 5.97 Å². The van der Waals surface area contributed by atoms with E-state index in [0.29, 0.717) is 26.3 Å². The highest BCUT2D eigenvalue weighted by atomic mass is 32.2. The summed E-state index contributed by atoms with van der Waals surface area (Å²) in [5.41, 5.74) is 1.08. The topological polar surface area (TPSA) is 76.2 Å². The van der Waals surface area contributed by atoms with Gasteiger partial charge in [0.1, 0.15) is 6.61 Å².